The van der Waals surface area contributed by atoms with Crippen molar-refractivity contribution in [1.82, 2.24) is 14.8 Å². The van der Waals surface area contributed by atoms with Crippen molar-refractivity contribution in [3.05, 3.63) is 147 Å². The third-order valence-corrected chi connectivity index (χ3v) is 8.21. The van der Waals surface area contributed by atoms with Crippen molar-refractivity contribution in [3.8, 4) is 5.75 Å². The molecule has 0 radical (unpaired) electrons. The highest BCUT2D eigenvalue weighted by Gasteiger charge is 2.35. The van der Waals surface area contributed by atoms with Gasteiger partial charge in [-0.15, -0.1) is 5.10 Å². The second-order valence-corrected chi connectivity index (χ2v) is 11.5. The third-order valence-electron chi connectivity index (χ3n) is 7.07. The minimum Gasteiger partial charge on any atom is -0.489 e. The summed E-state index contributed by atoms with van der Waals surface area (Å²) in [6, 6.07) is 30.5. The fourth-order valence-electron chi connectivity index (χ4n) is 4.85. The Bertz CT molecular complexity index is 1810. The number of halogens is 2. The van der Waals surface area contributed by atoms with Gasteiger partial charge in [0.05, 0.1) is 5.57 Å². The van der Waals surface area contributed by atoms with Crippen LogP contribution in [0.5, 0.6) is 5.75 Å². The highest BCUT2D eigenvalue weighted by molar-refractivity contribution is 7.98. The van der Waals surface area contributed by atoms with Crippen LogP contribution in [0.4, 0.5) is 10.3 Å². The maximum Gasteiger partial charge on any atom is 0.338 e. The Hall–Kier alpha value is -4.60. The fraction of sp³-hybridized carbons (Fsp3) is 0.147. The van der Waals surface area contributed by atoms with Gasteiger partial charge in [-0.25, -0.2) is 13.9 Å². The van der Waals surface area contributed by atoms with Crippen LogP contribution in [0.15, 0.2) is 120 Å². The van der Waals surface area contributed by atoms with Crippen molar-refractivity contribution in [3.63, 3.8) is 0 Å². The molecule has 1 N–H and O–H groups in total. The summed E-state index contributed by atoms with van der Waals surface area (Å²) < 4.78 is 27.8. The normalized spacial score (nSPS) is 14.1. The number of hydrogen-bond donors (Lipinski definition) is 1. The lowest BCUT2D eigenvalue weighted by molar-refractivity contribution is -0.140. The van der Waals surface area contributed by atoms with E-state index in [1.165, 1.54) is 17.8 Å². The molecule has 0 aliphatic carbocycles. The van der Waals surface area contributed by atoms with Crippen LogP contribution < -0.4 is 10.1 Å². The van der Waals surface area contributed by atoms with Crippen LogP contribution >= 0.6 is 23.4 Å². The first-order valence-corrected chi connectivity index (χ1v) is 15.3. The van der Waals surface area contributed by atoms with Gasteiger partial charge in [0, 0.05) is 16.5 Å². The van der Waals surface area contributed by atoms with Crippen LogP contribution in [0.3, 0.4) is 0 Å². The summed E-state index contributed by atoms with van der Waals surface area (Å²) in [4.78, 5) is 18.4. The molecular formula is C34H28ClFN4O3S. The summed E-state index contributed by atoms with van der Waals surface area (Å²) in [5, 5.41) is 9.09. The summed E-state index contributed by atoms with van der Waals surface area (Å²) in [5.74, 6) is 0.694. The Labute approximate surface area is 263 Å². The smallest absolute Gasteiger partial charge is 0.338 e. The molecule has 4 aromatic carbocycles. The standard InChI is InChI=1S/C34H28ClFN4O3S/c1-22-30(32(41)43-20-23-8-3-2-4-9-23)31(25-11-7-12-28(18-25)42-19-24-14-16-27(35)17-15-24)40-33(37-22)38-34(39-40)44-21-26-10-5-6-13-29(26)36/h2-18,31H,19-21H2,1H3,(H,37,38,39). The predicted molar refractivity (Wildman–Crippen MR) is 169 cm³/mol. The molecule has 0 amide bonds. The third kappa shape index (κ3) is 6.79. The lowest BCUT2D eigenvalue weighted by Gasteiger charge is -2.28. The van der Waals surface area contributed by atoms with Crippen LogP contribution in [-0.2, 0) is 28.5 Å². The van der Waals surface area contributed by atoms with E-state index in [0.29, 0.717) is 51.1 Å². The number of nitrogens with zero attached hydrogens (tertiary/aromatic N) is 3. The van der Waals surface area contributed by atoms with Crippen LogP contribution in [0, 0.1) is 5.82 Å². The second kappa shape index (κ2) is 13.4. The van der Waals surface area contributed by atoms with E-state index >= 15 is 0 Å². The topological polar surface area (TPSA) is 78.3 Å². The number of aromatic nitrogens is 3. The van der Waals surface area contributed by atoms with Gasteiger partial charge in [-0.05, 0) is 59.5 Å². The van der Waals surface area contributed by atoms with Gasteiger partial charge < -0.3 is 14.8 Å². The molecule has 2 heterocycles. The number of ether oxygens (including phenoxy) is 2. The van der Waals surface area contributed by atoms with Gasteiger partial charge in [0.2, 0.25) is 11.1 Å². The van der Waals surface area contributed by atoms with E-state index in [1.807, 2.05) is 85.8 Å². The molecule has 1 aliphatic heterocycles. The number of hydrogen-bond acceptors (Lipinski definition) is 7. The van der Waals surface area contributed by atoms with E-state index in [2.05, 4.69) is 10.3 Å². The van der Waals surface area contributed by atoms with Gasteiger partial charge in [0.15, 0.2) is 0 Å². The van der Waals surface area contributed by atoms with E-state index in [9.17, 15) is 9.18 Å². The summed E-state index contributed by atoms with van der Waals surface area (Å²) in [6.07, 6.45) is 0. The SMILES string of the molecule is CC1=C(C(=O)OCc2ccccc2)C(c2cccc(OCc3ccc(Cl)cc3)c2)n2nc(SCc3ccccc3F)nc2N1. The lowest BCUT2D eigenvalue weighted by atomic mass is 9.95. The molecule has 0 bridgehead atoms. The Morgan fingerprint density at radius 3 is 2.50 bits per heavy atom. The molecule has 44 heavy (non-hydrogen) atoms. The van der Waals surface area contributed by atoms with E-state index in [0.717, 1.165) is 16.7 Å². The molecule has 1 aliphatic rings. The van der Waals surface area contributed by atoms with E-state index in [-0.39, 0.29) is 12.4 Å². The Kier molecular flexibility index (Phi) is 8.95. The molecule has 7 nitrogen and oxygen atoms in total. The van der Waals surface area contributed by atoms with Crippen molar-refractivity contribution < 1.29 is 18.7 Å². The zero-order chi connectivity index (χ0) is 30.5. The van der Waals surface area contributed by atoms with Gasteiger partial charge in [-0.1, -0.05) is 96.2 Å². The number of allylic oxidation sites excluding steroid dienone is 1. The molecule has 1 aromatic heterocycles. The molecule has 1 atom stereocenters. The van der Waals surface area contributed by atoms with Crippen LogP contribution in [0.2, 0.25) is 5.02 Å². The van der Waals surface area contributed by atoms with Crippen molar-refractivity contribution >= 4 is 35.3 Å². The zero-order valence-electron chi connectivity index (χ0n) is 23.7. The first kappa shape index (κ1) is 29.5. The average Bonchev–Trinajstić information content (AvgIpc) is 3.45. The highest BCUT2D eigenvalue weighted by Crippen LogP contribution is 2.38. The fourth-order valence-corrected chi connectivity index (χ4v) is 5.79. The minimum atomic E-state index is -0.649. The summed E-state index contributed by atoms with van der Waals surface area (Å²) in [7, 11) is 0. The summed E-state index contributed by atoms with van der Waals surface area (Å²) in [6.45, 7) is 2.29. The molecule has 0 fully saturated rings. The van der Waals surface area contributed by atoms with Gasteiger partial charge in [-0.2, -0.15) is 4.98 Å². The number of esters is 1. The molecule has 0 saturated heterocycles. The number of thioether (sulfide) groups is 1. The number of benzene rings is 4. The van der Waals surface area contributed by atoms with Crippen LogP contribution in [0.1, 0.15) is 35.2 Å². The van der Waals surface area contributed by atoms with Crippen LogP contribution in [-0.4, -0.2) is 20.7 Å². The maximum absolute atomic E-state index is 14.3. The van der Waals surface area contributed by atoms with Crippen molar-refractivity contribution in [2.45, 2.75) is 37.1 Å². The minimum absolute atomic E-state index is 0.126. The van der Waals surface area contributed by atoms with Gasteiger partial charge >= 0.3 is 5.97 Å². The predicted octanol–water partition coefficient (Wildman–Crippen LogP) is 7.97. The quantitative estimate of drug-likeness (QED) is 0.124. The largest absolute Gasteiger partial charge is 0.489 e. The molecule has 222 valence electrons. The number of nitrogens with one attached hydrogen (secondary N) is 1. The van der Waals surface area contributed by atoms with Gasteiger partial charge in [0.1, 0.15) is 30.8 Å². The molecule has 1 unspecified atom stereocenters. The molecule has 0 saturated carbocycles. The van der Waals surface area contributed by atoms with Gasteiger partial charge in [0.25, 0.3) is 0 Å². The van der Waals surface area contributed by atoms with E-state index in [1.54, 1.807) is 22.9 Å². The van der Waals surface area contributed by atoms with Crippen molar-refractivity contribution in [1.29, 1.82) is 0 Å². The molecule has 10 heteroatoms. The lowest BCUT2D eigenvalue weighted by Crippen LogP contribution is -2.29. The van der Waals surface area contributed by atoms with Gasteiger partial charge in [-0.3, -0.25) is 0 Å². The van der Waals surface area contributed by atoms with Crippen molar-refractivity contribution in [2.75, 3.05) is 5.32 Å². The van der Waals surface area contributed by atoms with E-state index < -0.39 is 12.0 Å². The Morgan fingerprint density at radius 2 is 1.70 bits per heavy atom. The molecule has 0 spiro atoms. The highest BCUT2D eigenvalue weighted by atomic mass is 35.5. The number of fused-ring (bicyclic) bond motifs is 1. The maximum atomic E-state index is 14.3. The first-order chi connectivity index (χ1) is 21.4. The monoisotopic (exact) mass is 626 g/mol. The molecule has 6 rings (SSSR count). The Morgan fingerprint density at radius 1 is 0.955 bits per heavy atom. The Balaban J connectivity index is 1.30. The summed E-state index contributed by atoms with van der Waals surface area (Å²) >= 11 is 7.34. The average molecular weight is 627 g/mol. The number of rotatable bonds is 10. The first-order valence-electron chi connectivity index (χ1n) is 13.9. The van der Waals surface area contributed by atoms with Crippen molar-refractivity contribution in [2.24, 2.45) is 0 Å². The van der Waals surface area contributed by atoms with E-state index in [4.69, 9.17) is 26.2 Å². The summed E-state index contributed by atoms with van der Waals surface area (Å²) in [5.41, 5.74) is 4.18. The molecule has 5 aromatic rings. The molecular weight excluding hydrogens is 599 g/mol. The number of carbonyl (C=O) groups is 1. The number of carbonyl (C=O) groups excluding carboxylic acids is 1. The second-order valence-electron chi connectivity index (χ2n) is 10.2. The zero-order valence-corrected chi connectivity index (χ0v) is 25.3. The van der Waals surface area contributed by atoms with Crippen LogP contribution in [0.25, 0.3) is 0 Å². The number of anilines is 1.